The number of hydrogen-bond acceptors (Lipinski definition) is 2. The second kappa shape index (κ2) is 6.58. The summed E-state index contributed by atoms with van der Waals surface area (Å²) in [6.07, 6.45) is 0. The number of hydrogen-bond donors (Lipinski definition) is 0. The SMILES string of the molecule is O=S(=O)(C1(F)C(F)(F)C(F)(F)C(F)(F)C(F)(F)C1(F)F)C1(F)C(F)(F)C(F)(F)C(F)(F)C(F)(F)C1(F)F. The van der Waals surface area contributed by atoms with Crippen molar-refractivity contribution in [2.24, 2.45) is 0 Å². The van der Waals surface area contributed by atoms with E-state index in [0.29, 0.717) is 0 Å². The Kier molecular flexibility index (Phi) is 5.62. The summed E-state index contributed by atoms with van der Waals surface area (Å²) in [6.45, 7) is 0. The Morgan fingerprint density at radius 2 is 0.351 bits per heavy atom. The normalized spacial score (nSPS) is 34.3. The van der Waals surface area contributed by atoms with Gasteiger partial charge < -0.3 is 0 Å². The van der Waals surface area contributed by atoms with Crippen molar-refractivity contribution in [3.05, 3.63) is 0 Å². The monoisotopic (exact) mass is 626 g/mol. The third-order valence-electron chi connectivity index (χ3n) is 5.51. The molecule has 2 rings (SSSR count). The highest BCUT2D eigenvalue weighted by molar-refractivity contribution is 7.94. The number of rotatable bonds is 2. The van der Waals surface area contributed by atoms with Crippen LogP contribution in [0.3, 0.4) is 0 Å². The van der Waals surface area contributed by atoms with E-state index in [9.17, 15) is 105 Å². The van der Waals surface area contributed by atoms with Gasteiger partial charge in [-0.05, 0) is 0 Å². The van der Waals surface area contributed by atoms with Crippen LogP contribution in [0.25, 0.3) is 0 Å². The first kappa shape index (κ1) is 31.6. The van der Waals surface area contributed by atoms with Gasteiger partial charge >= 0.3 is 69.2 Å². The van der Waals surface area contributed by atoms with Crippen molar-refractivity contribution in [3.8, 4) is 0 Å². The van der Waals surface area contributed by atoms with Crippen molar-refractivity contribution in [2.45, 2.75) is 69.2 Å². The van der Waals surface area contributed by atoms with Gasteiger partial charge in [0.1, 0.15) is 0 Å². The highest BCUT2D eigenvalue weighted by Crippen LogP contribution is 2.76. The van der Waals surface area contributed by atoms with Crippen molar-refractivity contribution in [2.75, 3.05) is 0 Å². The van der Waals surface area contributed by atoms with E-state index < -0.39 is 79.1 Å². The van der Waals surface area contributed by atoms with Crippen molar-refractivity contribution >= 4 is 9.84 Å². The maximum Gasteiger partial charge on any atom is 0.384 e. The van der Waals surface area contributed by atoms with Gasteiger partial charge in [0.15, 0.2) is 0 Å². The van der Waals surface area contributed by atoms with Crippen LogP contribution in [-0.2, 0) is 9.84 Å². The van der Waals surface area contributed by atoms with Crippen LogP contribution in [0.15, 0.2) is 0 Å². The van der Waals surface area contributed by atoms with Gasteiger partial charge in [-0.1, -0.05) is 0 Å². The molecule has 2 aliphatic carbocycles. The zero-order chi connectivity index (χ0) is 30.5. The van der Waals surface area contributed by atoms with Gasteiger partial charge in [-0.15, -0.1) is 0 Å². The van der Waals surface area contributed by atoms with E-state index in [1.807, 2.05) is 0 Å². The fraction of sp³-hybridized carbons (Fsp3) is 1.00. The molecule has 0 aromatic rings. The smallest absolute Gasteiger partial charge is 0.221 e. The average molecular weight is 626 g/mol. The van der Waals surface area contributed by atoms with Gasteiger partial charge in [0, 0.05) is 0 Å². The molecule has 0 saturated heterocycles. The van der Waals surface area contributed by atoms with Gasteiger partial charge in [-0.3, -0.25) is 0 Å². The summed E-state index contributed by atoms with van der Waals surface area (Å²) in [5, 5.41) is -18.8. The molecule has 0 aromatic carbocycles. The van der Waals surface area contributed by atoms with Crippen LogP contribution >= 0.6 is 0 Å². The Morgan fingerprint density at radius 3 is 0.486 bits per heavy atom. The summed E-state index contributed by atoms with van der Waals surface area (Å²) in [5.41, 5.74) is 0. The fourth-order valence-electron chi connectivity index (χ4n) is 3.25. The lowest BCUT2D eigenvalue weighted by atomic mass is 9.80. The molecule has 25 heteroatoms. The maximum absolute atomic E-state index is 14.7. The minimum absolute atomic E-state index is 8.42. The van der Waals surface area contributed by atoms with Crippen LogP contribution in [0.2, 0.25) is 0 Å². The topological polar surface area (TPSA) is 34.1 Å². The minimum atomic E-state index is -10.7. The third kappa shape index (κ3) is 2.34. The van der Waals surface area contributed by atoms with Gasteiger partial charge in [-0.2, -0.15) is 87.8 Å². The number of sulfone groups is 1. The largest absolute Gasteiger partial charge is 0.384 e. The molecule has 0 spiro atoms. The molecular weight excluding hydrogens is 626 g/mol. The molecule has 0 radical (unpaired) electrons. The van der Waals surface area contributed by atoms with Gasteiger partial charge in [0.05, 0.1) is 0 Å². The molecule has 0 heterocycles. The van der Waals surface area contributed by atoms with Crippen LogP contribution in [0, 0.1) is 0 Å². The van der Waals surface area contributed by atoms with Crippen LogP contribution < -0.4 is 0 Å². The Morgan fingerprint density at radius 1 is 0.243 bits per heavy atom. The molecule has 2 fully saturated rings. The predicted molar refractivity (Wildman–Crippen MR) is 66.1 cm³/mol. The number of halogens is 22. The Labute approximate surface area is 185 Å². The average Bonchev–Trinajstić information content (AvgIpc) is 2.68. The lowest BCUT2D eigenvalue weighted by Gasteiger charge is -2.56. The third-order valence-corrected chi connectivity index (χ3v) is 8.02. The molecule has 0 unspecified atom stereocenters. The van der Waals surface area contributed by atoms with Crippen LogP contribution in [-0.4, -0.2) is 77.6 Å². The molecule has 0 N–H and O–H groups in total. The van der Waals surface area contributed by atoms with E-state index in [0.717, 1.165) is 0 Å². The number of alkyl halides is 22. The highest BCUT2D eigenvalue weighted by atomic mass is 32.2. The zero-order valence-corrected chi connectivity index (χ0v) is 16.4. The molecule has 0 bridgehead atoms. The molecule has 220 valence electrons. The molecule has 37 heavy (non-hydrogen) atoms. The summed E-state index contributed by atoms with van der Waals surface area (Å²) in [6, 6.07) is 0. The van der Waals surface area contributed by atoms with Gasteiger partial charge in [0.2, 0.25) is 9.84 Å². The van der Waals surface area contributed by atoms with E-state index in [1.165, 1.54) is 0 Å². The second-order valence-corrected chi connectivity index (χ2v) is 9.57. The summed E-state index contributed by atoms with van der Waals surface area (Å²) in [5.74, 6) is -87.9. The lowest BCUT2D eigenvalue weighted by molar-refractivity contribution is -0.478. The summed E-state index contributed by atoms with van der Waals surface area (Å²) >= 11 is 0. The maximum atomic E-state index is 14.7. The fourth-order valence-corrected chi connectivity index (χ4v) is 5.50. The molecule has 0 aliphatic heterocycles. The van der Waals surface area contributed by atoms with Gasteiger partial charge in [0.25, 0.3) is 0 Å². The molecule has 2 aliphatic rings. The first-order valence-corrected chi connectivity index (χ1v) is 9.38. The van der Waals surface area contributed by atoms with Gasteiger partial charge in [-0.25, -0.2) is 17.2 Å². The minimum Gasteiger partial charge on any atom is -0.221 e. The highest BCUT2D eigenvalue weighted by Gasteiger charge is 3.11. The standard InChI is InChI=1S/C12F22O2S/c13-1(14)3(17,18)7(25,26)11(33,8(27,28)4(1,19)20)37(35,36)12(34)9(29,30)5(21,22)2(15,16)6(23,24)10(12,31)32. The van der Waals surface area contributed by atoms with Crippen molar-refractivity contribution in [1.82, 2.24) is 0 Å². The quantitative estimate of drug-likeness (QED) is 0.347. The zero-order valence-electron chi connectivity index (χ0n) is 15.5. The molecule has 0 aromatic heterocycles. The summed E-state index contributed by atoms with van der Waals surface area (Å²) < 4.78 is 323. The molecule has 2 nitrogen and oxygen atoms in total. The lowest BCUT2D eigenvalue weighted by Crippen LogP contribution is -2.91. The van der Waals surface area contributed by atoms with Crippen LogP contribution in [0.4, 0.5) is 96.6 Å². The van der Waals surface area contributed by atoms with Crippen LogP contribution in [0.5, 0.6) is 0 Å². The van der Waals surface area contributed by atoms with Crippen molar-refractivity contribution < 1.29 is 105 Å². The van der Waals surface area contributed by atoms with E-state index in [4.69, 9.17) is 0 Å². The first-order chi connectivity index (χ1) is 15.5. The molecular formula is C12F22O2S. The van der Waals surface area contributed by atoms with E-state index in [-0.39, 0.29) is 0 Å². The molecule has 0 atom stereocenters. The molecule has 0 amide bonds. The Bertz CT molecular complexity index is 961. The summed E-state index contributed by atoms with van der Waals surface area (Å²) in [4.78, 5) is 0. The molecule has 2 saturated carbocycles. The summed E-state index contributed by atoms with van der Waals surface area (Å²) in [7, 11) is -10.7. The predicted octanol–water partition coefficient (Wildman–Crippen LogP) is 6.11. The second-order valence-electron chi connectivity index (χ2n) is 7.44. The van der Waals surface area contributed by atoms with E-state index in [1.54, 1.807) is 0 Å². The van der Waals surface area contributed by atoms with Crippen molar-refractivity contribution in [3.63, 3.8) is 0 Å². The Balaban J connectivity index is 3.26. The van der Waals surface area contributed by atoms with E-state index in [2.05, 4.69) is 0 Å². The van der Waals surface area contributed by atoms with Crippen LogP contribution in [0.1, 0.15) is 0 Å². The first-order valence-electron chi connectivity index (χ1n) is 7.90. The van der Waals surface area contributed by atoms with E-state index >= 15 is 0 Å². The Hall–Kier alpha value is -1.59. The van der Waals surface area contributed by atoms with Crippen molar-refractivity contribution in [1.29, 1.82) is 0 Å².